The summed E-state index contributed by atoms with van der Waals surface area (Å²) in [7, 11) is 0. The Morgan fingerprint density at radius 3 is 2.52 bits per heavy atom. The van der Waals surface area contributed by atoms with Crippen molar-refractivity contribution in [2.45, 2.75) is 6.92 Å². The lowest BCUT2D eigenvalue weighted by molar-refractivity contribution is 0.0696. The molecule has 0 saturated carbocycles. The molecule has 6 heteroatoms. The van der Waals surface area contributed by atoms with Crippen LogP contribution in [0, 0.1) is 6.92 Å². The first-order valence-electron chi connectivity index (χ1n) is 6.09. The molecule has 0 fully saturated rings. The van der Waals surface area contributed by atoms with Gasteiger partial charge in [0.25, 0.3) is 5.91 Å². The zero-order valence-electron chi connectivity index (χ0n) is 11.2. The molecule has 0 saturated heterocycles. The van der Waals surface area contributed by atoms with Crippen molar-refractivity contribution < 1.29 is 14.7 Å². The topological polar surface area (TPSA) is 92.4 Å². The Morgan fingerprint density at radius 1 is 1.19 bits per heavy atom. The molecule has 0 heterocycles. The number of amides is 1. The van der Waals surface area contributed by atoms with E-state index in [1.807, 2.05) is 6.92 Å². The van der Waals surface area contributed by atoms with E-state index >= 15 is 0 Å². The lowest BCUT2D eigenvalue weighted by Crippen LogP contribution is -2.13. The second-order valence-electron chi connectivity index (χ2n) is 4.53. The van der Waals surface area contributed by atoms with Gasteiger partial charge in [-0.2, -0.15) is 0 Å². The smallest absolute Gasteiger partial charge is 0.337 e. The van der Waals surface area contributed by atoms with Crippen molar-refractivity contribution in [1.29, 1.82) is 0 Å². The SMILES string of the molecule is Cc1ccc(C(=O)Nc2ccc(Cl)c(C(=O)O)c2)cc1N. The average molecular weight is 305 g/mol. The molecule has 1 amide bonds. The maximum atomic E-state index is 12.1. The molecule has 0 aliphatic carbocycles. The van der Waals surface area contributed by atoms with E-state index in [1.165, 1.54) is 18.2 Å². The van der Waals surface area contributed by atoms with E-state index in [1.54, 1.807) is 18.2 Å². The number of aromatic carboxylic acids is 1. The number of nitrogens with two attached hydrogens (primary N) is 1. The molecule has 2 aromatic rings. The van der Waals surface area contributed by atoms with Crippen LogP contribution in [0.5, 0.6) is 0 Å². The standard InChI is InChI=1S/C15H13ClN2O3/c1-8-2-3-9(6-13(8)17)14(19)18-10-4-5-12(16)11(7-10)15(20)21/h2-7H,17H2,1H3,(H,18,19)(H,20,21). The molecule has 0 atom stereocenters. The first kappa shape index (κ1) is 14.9. The third kappa shape index (κ3) is 3.32. The van der Waals surface area contributed by atoms with Gasteiger partial charge in [0.15, 0.2) is 0 Å². The van der Waals surface area contributed by atoms with Crippen LogP contribution in [0.15, 0.2) is 36.4 Å². The molecule has 4 N–H and O–H groups in total. The number of carbonyl (C=O) groups excluding carboxylic acids is 1. The van der Waals surface area contributed by atoms with Crippen LogP contribution in [-0.4, -0.2) is 17.0 Å². The summed E-state index contributed by atoms with van der Waals surface area (Å²) < 4.78 is 0. The van der Waals surface area contributed by atoms with Crippen LogP contribution in [0.3, 0.4) is 0 Å². The van der Waals surface area contributed by atoms with E-state index in [9.17, 15) is 9.59 Å². The minimum atomic E-state index is -1.16. The van der Waals surface area contributed by atoms with Crippen LogP contribution in [-0.2, 0) is 0 Å². The molecule has 0 aliphatic heterocycles. The largest absolute Gasteiger partial charge is 0.478 e. The molecule has 0 aromatic heterocycles. The highest BCUT2D eigenvalue weighted by Crippen LogP contribution is 2.21. The maximum Gasteiger partial charge on any atom is 0.337 e. The van der Waals surface area contributed by atoms with Crippen molar-refractivity contribution in [3.8, 4) is 0 Å². The normalized spacial score (nSPS) is 10.2. The number of hydrogen-bond acceptors (Lipinski definition) is 3. The van der Waals surface area contributed by atoms with Crippen molar-refractivity contribution in [1.82, 2.24) is 0 Å². The van der Waals surface area contributed by atoms with Crippen molar-refractivity contribution in [3.63, 3.8) is 0 Å². The van der Waals surface area contributed by atoms with Crippen LogP contribution in [0.2, 0.25) is 5.02 Å². The predicted molar refractivity (Wildman–Crippen MR) is 82.0 cm³/mol. The third-order valence-electron chi connectivity index (χ3n) is 3.00. The average Bonchev–Trinajstić information content (AvgIpc) is 2.43. The molecule has 0 radical (unpaired) electrons. The quantitative estimate of drug-likeness (QED) is 0.759. The van der Waals surface area contributed by atoms with Gasteiger partial charge in [0.2, 0.25) is 0 Å². The summed E-state index contributed by atoms with van der Waals surface area (Å²) in [6, 6.07) is 9.22. The zero-order chi connectivity index (χ0) is 15.6. The van der Waals surface area contributed by atoms with Crippen LogP contribution < -0.4 is 11.1 Å². The number of anilines is 2. The first-order chi connectivity index (χ1) is 9.88. The molecule has 0 aliphatic rings. The van der Waals surface area contributed by atoms with Crippen molar-refractivity contribution in [2.24, 2.45) is 0 Å². The van der Waals surface area contributed by atoms with E-state index in [4.69, 9.17) is 22.4 Å². The van der Waals surface area contributed by atoms with E-state index in [0.717, 1.165) is 5.56 Å². The predicted octanol–water partition coefficient (Wildman–Crippen LogP) is 3.18. The second kappa shape index (κ2) is 5.85. The maximum absolute atomic E-state index is 12.1. The molecule has 2 aromatic carbocycles. The Balaban J connectivity index is 2.25. The summed E-state index contributed by atoms with van der Waals surface area (Å²) in [5.74, 6) is -1.53. The number of rotatable bonds is 3. The Kier molecular flexibility index (Phi) is 4.14. The molecular formula is C15H13ClN2O3. The molecule has 5 nitrogen and oxygen atoms in total. The Labute approximate surface area is 126 Å². The number of carbonyl (C=O) groups is 2. The summed E-state index contributed by atoms with van der Waals surface area (Å²) in [5.41, 5.74) is 7.83. The van der Waals surface area contributed by atoms with Gasteiger partial charge in [-0.1, -0.05) is 17.7 Å². The summed E-state index contributed by atoms with van der Waals surface area (Å²) >= 11 is 5.77. The summed E-state index contributed by atoms with van der Waals surface area (Å²) in [5, 5.41) is 11.7. The highest BCUT2D eigenvalue weighted by atomic mass is 35.5. The Hall–Kier alpha value is -2.53. The summed E-state index contributed by atoms with van der Waals surface area (Å²) in [6.07, 6.45) is 0. The molecule has 0 bridgehead atoms. The number of nitrogen functional groups attached to an aromatic ring is 1. The molecule has 0 spiro atoms. The number of benzene rings is 2. The summed E-state index contributed by atoms with van der Waals surface area (Å²) in [6.45, 7) is 1.84. The van der Waals surface area contributed by atoms with Gasteiger partial charge in [0, 0.05) is 16.9 Å². The fraction of sp³-hybridized carbons (Fsp3) is 0.0667. The first-order valence-corrected chi connectivity index (χ1v) is 6.46. The fourth-order valence-corrected chi connectivity index (χ4v) is 1.95. The van der Waals surface area contributed by atoms with Gasteiger partial charge in [-0.05, 0) is 42.8 Å². The summed E-state index contributed by atoms with van der Waals surface area (Å²) in [4.78, 5) is 23.1. The molecule has 21 heavy (non-hydrogen) atoms. The highest BCUT2D eigenvalue weighted by Gasteiger charge is 2.12. The number of carboxylic acid groups (broad SMARTS) is 1. The van der Waals surface area contributed by atoms with Gasteiger partial charge >= 0.3 is 5.97 Å². The minimum absolute atomic E-state index is 0.0714. The Bertz CT molecular complexity index is 729. The lowest BCUT2D eigenvalue weighted by atomic mass is 10.1. The van der Waals surface area contributed by atoms with Gasteiger partial charge in [-0.25, -0.2) is 4.79 Å². The van der Waals surface area contributed by atoms with Gasteiger partial charge in [-0.15, -0.1) is 0 Å². The molecule has 2 rings (SSSR count). The van der Waals surface area contributed by atoms with Gasteiger partial charge in [0.1, 0.15) is 0 Å². The van der Waals surface area contributed by atoms with Crippen LogP contribution in [0.4, 0.5) is 11.4 Å². The number of halogens is 1. The van der Waals surface area contributed by atoms with E-state index < -0.39 is 5.97 Å². The van der Waals surface area contributed by atoms with E-state index in [-0.39, 0.29) is 16.5 Å². The van der Waals surface area contributed by atoms with Crippen LogP contribution >= 0.6 is 11.6 Å². The van der Waals surface area contributed by atoms with Crippen molar-refractivity contribution >= 4 is 34.9 Å². The van der Waals surface area contributed by atoms with Gasteiger partial charge in [-0.3, -0.25) is 4.79 Å². The molecule has 108 valence electrons. The van der Waals surface area contributed by atoms with Gasteiger partial charge in [0.05, 0.1) is 10.6 Å². The molecular weight excluding hydrogens is 292 g/mol. The lowest BCUT2D eigenvalue weighted by Gasteiger charge is -2.08. The second-order valence-corrected chi connectivity index (χ2v) is 4.93. The van der Waals surface area contributed by atoms with Crippen LogP contribution in [0.1, 0.15) is 26.3 Å². The number of aryl methyl sites for hydroxylation is 1. The number of carboxylic acids is 1. The van der Waals surface area contributed by atoms with Gasteiger partial charge < -0.3 is 16.2 Å². The zero-order valence-corrected chi connectivity index (χ0v) is 11.9. The van der Waals surface area contributed by atoms with Crippen molar-refractivity contribution in [3.05, 3.63) is 58.1 Å². The Morgan fingerprint density at radius 2 is 1.90 bits per heavy atom. The highest BCUT2D eigenvalue weighted by molar-refractivity contribution is 6.33. The van der Waals surface area contributed by atoms with E-state index in [0.29, 0.717) is 16.9 Å². The van der Waals surface area contributed by atoms with E-state index in [2.05, 4.69) is 5.32 Å². The minimum Gasteiger partial charge on any atom is -0.478 e. The fourth-order valence-electron chi connectivity index (χ4n) is 1.75. The monoisotopic (exact) mass is 304 g/mol. The van der Waals surface area contributed by atoms with Crippen molar-refractivity contribution in [2.75, 3.05) is 11.1 Å². The van der Waals surface area contributed by atoms with Crippen LogP contribution in [0.25, 0.3) is 0 Å². The number of nitrogens with one attached hydrogen (secondary N) is 1. The number of hydrogen-bond donors (Lipinski definition) is 3. The third-order valence-corrected chi connectivity index (χ3v) is 3.33. The molecule has 0 unspecified atom stereocenters.